The van der Waals surface area contributed by atoms with Gasteiger partial charge in [0.15, 0.2) is 0 Å². The lowest BCUT2D eigenvalue weighted by molar-refractivity contribution is -0.0176. The molecule has 2 aromatic rings. The molecule has 4 nitrogen and oxygen atoms in total. The van der Waals surface area contributed by atoms with Crippen molar-refractivity contribution in [2.75, 3.05) is 18.5 Å². The van der Waals surface area contributed by atoms with Crippen LogP contribution in [0.25, 0.3) is 10.8 Å². The monoisotopic (exact) mass is 336 g/mol. The predicted molar refractivity (Wildman–Crippen MR) is 82.9 cm³/mol. The van der Waals surface area contributed by atoms with Crippen molar-refractivity contribution in [3.8, 4) is 0 Å². The van der Waals surface area contributed by atoms with Crippen LogP contribution in [-0.4, -0.2) is 34.9 Å². The molecule has 2 N–H and O–H groups in total. The van der Waals surface area contributed by atoms with Crippen molar-refractivity contribution in [3.63, 3.8) is 0 Å². The van der Waals surface area contributed by atoms with Gasteiger partial charge < -0.3 is 15.2 Å². The fraction of sp³-hybridized carbons (Fsp3) is 0.400. The quantitative estimate of drug-likeness (QED) is 0.904. The SMILES string of the molecule is CC1OCCC1(O)CNc1nccc2c(Br)cccc12. The zero-order chi connectivity index (χ0) is 14.2. The van der Waals surface area contributed by atoms with E-state index >= 15 is 0 Å². The van der Waals surface area contributed by atoms with Gasteiger partial charge in [-0.25, -0.2) is 4.98 Å². The zero-order valence-corrected chi connectivity index (χ0v) is 12.9. The van der Waals surface area contributed by atoms with Crippen molar-refractivity contribution in [2.24, 2.45) is 0 Å². The summed E-state index contributed by atoms with van der Waals surface area (Å²) in [5.41, 5.74) is -0.824. The number of anilines is 1. The van der Waals surface area contributed by atoms with E-state index < -0.39 is 5.60 Å². The summed E-state index contributed by atoms with van der Waals surface area (Å²) in [5, 5.41) is 15.9. The molecule has 0 aliphatic carbocycles. The third kappa shape index (κ3) is 2.41. The van der Waals surface area contributed by atoms with E-state index in [2.05, 4.69) is 26.2 Å². The van der Waals surface area contributed by atoms with Crippen LogP contribution in [0, 0.1) is 0 Å². The Balaban J connectivity index is 1.86. The number of ether oxygens (including phenoxy) is 1. The molecule has 1 fully saturated rings. The van der Waals surface area contributed by atoms with Gasteiger partial charge in [0.2, 0.25) is 0 Å². The highest BCUT2D eigenvalue weighted by molar-refractivity contribution is 9.10. The molecule has 1 aromatic heterocycles. The maximum absolute atomic E-state index is 10.5. The Morgan fingerprint density at radius 2 is 2.30 bits per heavy atom. The number of halogens is 1. The van der Waals surface area contributed by atoms with Crippen LogP contribution in [0.2, 0.25) is 0 Å². The molecule has 0 radical (unpaired) electrons. The Bertz CT molecular complexity index is 634. The highest BCUT2D eigenvalue weighted by atomic mass is 79.9. The van der Waals surface area contributed by atoms with Crippen molar-refractivity contribution >= 4 is 32.5 Å². The first-order chi connectivity index (χ1) is 9.60. The maximum Gasteiger partial charge on any atom is 0.133 e. The Hall–Kier alpha value is -1.17. The molecule has 1 aromatic carbocycles. The van der Waals surface area contributed by atoms with E-state index in [0.29, 0.717) is 19.6 Å². The van der Waals surface area contributed by atoms with E-state index in [1.807, 2.05) is 31.2 Å². The molecule has 1 saturated heterocycles. The summed E-state index contributed by atoms with van der Waals surface area (Å²) in [6.07, 6.45) is 2.26. The second-order valence-electron chi connectivity index (χ2n) is 5.21. The molecule has 0 saturated carbocycles. The topological polar surface area (TPSA) is 54.4 Å². The fourth-order valence-electron chi connectivity index (χ4n) is 2.55. The number of pyridine rings is 1. The van der Waals surface area contributed by atoms with Crippen LogP contribution in [0.5, 0.6) is 0 Å². The van der Waals surface area contributed by atoms with Gasteiger partial charge in [-0.3, -0.25) is 0 Å². The van der Waals surface area contributed by atoms with E-state index in [0.717, 1.165) is 21.1 Å². The van der Waals surface area contributed by atoms with Gasteiger partial charge in [-0.15, -0.1) is 0 Å². The second kappa shape index (κ2) is 5.31. The first-order valence-electron chi connectivity index (χ1n) is 6.71. The first kappa shape index (κ1) is 13.8. The van der Waals surface area contributed by atoms with Gasteiger partial charge in [0.05, 0.1) is 6.10 Å². The Morgan fingerprint density at radius 3 is 3.05 bits per heavy atom. The molecule has 2 atom stereocenters. The van der Waals surface area contributed by atoms with Gasteiger partial charge in [0, 0.05) is 41.0 Å². The summed E-state index contributed by atoms with van der Waals surface area (Å²) >= 11 is 3.54. The average molecular weight is 337 g/mol. The maximum atomic E-state index is 10.5. The van der Waals surface area contributed by atoms with Gasteiger partial charge >= 0.3 is 0 Å². The Kier molecular flexibility index (Phi) is 3.67. The number of aromatic nitrogens is 1. The van der Waals surface area contributed by atoms with E-state index in [1.54, 1.807) is 6.20 Å². The molecule has 106 valence electrons. The Labute approximate surface area is 126 Å². The normalized spacial score (nSPS) is 26.1. The van der Waals surface area contributed by atoms with Crippen molar-refractivity contribution in [2.45, 2.75) is 25.0 Å². The minimum absolute atomic E-state index is 0.156. The molecule has 0 spiro atoms. The number of nitrogens with zero attached hydrogens (tertiary/aromatic N) is 1. The van der Waals surface area contributed by atoms with Gasteiger partial charge in [0.25, 0.3) is 0 Å². The molecule has 0 amide bonds. The van der Waals surface area contributed by atoms with E-state index in [9.17, 15) is 5.11 Å². The average Bonchev–Trinajstić information content (AvgIpc) is 2.77. The van der Waals surface area contributed by atoms with Crippen molar-refractivity contribution < 1.29 is 9.84 Å². The predicted octanol–water partition coefficient (Wildman–Crippen LogP) is 2.95. The highest BCUT2D eigenvalue weighted by Crippen LogP contribution is 2.30. The van der Waals surface area contributed by atoms with Crippen molar-refractivity contribution in [1.29, 1.82) is 0 Å². The number of hydrogen-bond donors (Lipinski definition) is 2. The van der Waals surface area contributed by atoms with Crippen LogP contribution in [-0.2, 0) is 4.74 Å². The molecule has 1 aliphatic rings. The molecule has 2 unspecified atom stereocenters. The summed E-state index contributed by atoms with van der Waals surface area (Å²) in [6.45, 7) is 2.95. The van der Waals surface area contributed by atoms with Crippen LogP contribution in [0.4, 0.5) is 5.82 Å². The number of benzene rings is 1. The van der Waals surface area contributed by atoms with Crippen LogP contribution < -0.4 is 5.32 Å². The standard InChI is InChI=1S/C15H17BrN2O2/c1-10-15(19,6-8-20-10)9-18-14-12-3-2-4-13(16)11(12)5-7-17-14/h2-5,7,10,19H,6,8-9H2,1H3,(H,17,18). The van der Waals surface area contributed by atoms with E-state index in [-0.39, 0.29) is 6.10 Å². The van der Waals surface area contributed by atoms with Crippen LogP contribution in [0.3, 0.4) is 0 Å². The second-order valence-corrected chi connectivity index (χ2v) is 6.07. The van der Waals surface area contributed by atoms with Crippen molar-refractivity contribution in [3.05, 3.63) is 34.9 Å². The van der Waals surface area contributed by atoms with Gasteiger partial charge in [-0.2, -0.15) is 0 Å². The lowest BCUT2D eigenvalue weighted by Gasteiger charge is -2.26. The van der Waals surface area contributed by atoms with Crippen LogP contribution >= 0.6 is 15.9 Å². The van der Waals surface area contributed by atoms with Crippen molar-refractivity contribution in [1.82, 2.24) is 4.98 Å². The number of aliphatic hydroxyl groups is 1. The number of hydrogen-bond acceptors (Lipinski definition) is 4. The fourth-order valence-corrected chi connectivity index (χ4v) is 3.05. The summed E-state index contributed by atoms with van der Waals surface area (Å²) in [6, 6.07) is 7.98. The minimum atomic E-state index is -0.824. The molecule has 3 rings (SSSR count). The minimum Gasteiger partial charge on any atom is -0.385 e. The lowest BCUT2D eigenvalue weighted by Crippen LogP contribution is -2.43. The molecule has 1 aliphatic heterocycles. The van der Waals surface area contributed by atoms with Gasteiger partial charge in [0.1, 0.15) is 11.4 Å². The zero-order valence-electron chi connectivity index (χ0n) is 11.3. The molecule has 5 heteroatoms. The van der Waals surface area contributed by atoms with Crippen LogP contribution in [0.15, 0.2) is 34.9 Å². The summed E-state index contributed by atoms with van der Waals surface area (Å²) in [4.78, 5) is 4.38. The van der Waals surface area contributed by atoms with Crippen LogP contribution in [0.1, 0.15) is 13.3 Å². The van der Waals surface area contributed by atoms with E-state index in [4.69, 9.17) is 4.74 Å². The van der Waals surface area contributed by atoms with Gasteiger partial charge in [-0.1, -0.05) is 28.1 Å². The van der Waals surface area contributed by atoms with E-state index in [1.165, 1.54) is 0 Å². The van der Waals surface area contributed by atoms with Gasteiger partial charge in [-0.05, 0) is 19.1 Å². The molecule has 0 bridgehead atoms. The largest absolute Gasteiger partial charge is 0.385 e. The smallest absolute Gasteiger partial charge is 0.133 e. The number of nitrogens with one attached hydrogen (secondary N) is 1. The summed E-state index contributed by atoms with van der Waals surface area (Å²) in [5.74, 6) is 0.788. The summed E-state index contributed by atoms with van der Waals surface area (Å²) < 4.78 is 6.48. The molecular weight excluding hydrogens is 320 g/mol. The third-order valence-corrected chi connectivity index (χ3v) is 4.67. The summed E-state index contributed by atoms with van der Waals surface area (Å²) in [7, 11) is 0. The third-order valence-electron chi connectivity index (χ3n) is 3.97. The molecule has 20 heavy (non-hydrogen) atoms. The molecular formula is C15H17BrN2O2. The lowest BCUT2D eigenvalue weighted by atomic mass is 9.96. The molecule has 2 heterocycles. The first-order valence-corrected chi connectivity index (χ1v) is 7.50. The number of rotatable bonds is 3. The number of fused-ring (bicyclic) bond motifs is 1. The Morgan fingerprint density at radius 1 is 1.45 bits per heavy atom. The highest BCUT2D eigenvalue weighted by Gasteiger charge is 2.39.